The van der Waals surface area contributed by atoms with Crippen LogP contribution in [0.5, 0.6) is 0 Å². The summed E-state index contributed by atoms with van der Waals surface area (Å²) in [7, 11) is 0. The summed E-state index contributed by atoms with van der Waals surface area (Å²) in [5, 5.41) is 3.54. The van der Waals surface area contributed by atoms with Gasteiger partial charge in [0.1, 0.15) is 12.6 Å². The molecule has 2 aromatic carbocycles. The molecule has 174 valence electrons. The molecular formula is C28H43N4+. The quantitative estimate of drug-likeness (QED) is 0.194. The predicted octanol–water partition coefficient (Wildman–Crippen LogP) is 6.48. The molecule has 1 aliphatic heterocycles. The number of quaternary nitrogens is 1. The molecule has 0 amide bonds. The van der Waals surface area contributed by atoms with Gasteiger partial charge in [-0.3, -0.25) is 0 Å². The molecule has 3 N–H and O–H groups in total. The summed E-state index contributed by atoms with van der Waals surface area (Å²) in [5.74, 6) is 0.795. The second-order valence-corrected chi connectivity index (χ2v) is 9.57. The molecule has 1 fully saturated rings. The minimum Gasteiger partial charge on any atom is -0.385 e. The van der Waals surface area contributed by atoms with Crippen molar-refractivity contribution in [3.05, 3.63) is 59.2 Å². The molecule has 0 aromatic heterocycles. The molecular weight excluding hydrogens is 392 g/mol. The highest BCUT2D eigenvalue weighted by Gasteiger charge is 2.39. The zero-order valence-electron chi connectivity index (χ0n) is 20.7. The van der Waals surface area contributed by atoms with E-state index in [-0.39, 0.29) is 6.04 Å². The first-order valence-corrected chi connectivity index (χ1v) is 12.6. The summed E-state index contributed by atoms with van der Waals surface area (Å²) in [6.45, 7) is 13.2. The highest BCUT2D eigenvalue weighted by Crippen LogP contribution is 2.31. The maximum Gasteiger partial charge on any atom is 0.158 e. The lowest BCUT2D eigenvalue weighted by Gasteiger charge is -2.47. The first kappa shape index (κ1) is 24.3. The van der Waals surface area contributed by atoms with Gasteiger partial charge in [0, 0.05) is 24.2 Å². The first-order chi connectivity index (χ1) is 15.5. The Hall–Kier alpha value is -2.33. The van der Waals surface area contributed by atoms with Crippen molar-refractivity contribution in [3.8, 4) is 0 Å². The molecule has 32 heavy (non-hydrogen) atoms. The average molecular weight is 436 g/mol. The van der Waals surface area contributed by atoms with Gasteiger partial charge in [-0.25, -0.2) is 4.99 Å². The summed E-state index contributed by atoms with van der Waals surface area (Å²) in [4.78, 5) is 5.08. The third-order valence-electron chi connectivity index (χ3n) is 7.03. The number of piperidine rings is 1. The van der Waals surface area contributed by atoms with Crippen molar-refractivity contribution in [2.75, 3.05) is 25.0 Å². The average Bonchev–Trinajstić information content (AvgIpc) is 2.78. The van der Waals surface area contributed by atoms with Crippen molar-refractivity contribution < 1.29 is 4.48 Å². The fraction of sp³-hybridized carbons (Fsp3) is 0.536. The molecule has 0 radical (unpaired) electrons. The lowest BCUT2D eigenvalue weighted by atomic mass is 9.98. The van der Waals surface area contributed by atoms with E-state index < -0.39 is 0 Å². The lowest BCUT2D eigenvalue weighted by Crippen LogP contribution is -2.61. The van der Waals surface area contributed by atoms with E-state index in [1.165, 1.54) is 67.6 Å². The number of rotatable bonds is 10. The molecule has 1 aliphatic rings. The molecule has 4 nitrogen and oxygen atoms in total. The Morgan fingerprint density at radius 2 is 1.69 bits per heavy atom. The smallest absolute Gasteiger partial charge is 0.158 e. The number of likely N-dealkylation sites (tertiary alicyclic amines) is 1. The lowest BCUT2D eigenvalue weighted by molar-refractivity contribution is -0.958. The van der Waals surface area contributed by atoms with Crippen LogP contribution in [0.4, 0.5) is 11.4 Å². The van der Waals surface area contributed by atoms with Crippen LogP contribution in [0.2, 0.25) is 0 Å². The molecule has 0 saturated carbocycles. The largest absolute Gasteiger partial charge is 0.385 e. The van der Waals surface area contributed by atoms with Crippen LogP contribution < -0.4 is 11.1 Å². The van der Waals surface area contributed by atoms with Gasteiger partial charge in [-0.1, -0.05) is 50.6 Å². The van der Waals surface area contributed by atoms with Crippen LogP contribution in [-0.4, -0.2) is 36.0 Å². The van der Waals surface area contributed by atoms with Crippen LogP contribution in [0.15, 0.2) is 47.5 Å². The van der Waals surface area contributed by atoms with Crippen molar-refractivity contribution in [1.82, 2.24) is 0 Å². The Labute approximate surface area is 195 Å². The maximum absolute atomic E-state index is 6.82. The van der Waals surface area contributed by atoms with Crippen LogP contribution in [0.1, 0.15) is 69.1 Å². The number of unbranched alkanes of at least 4 members (excludes halogenated alkanes) is 1. The summed E-state index contributed by atoms with van der Waals surface area (Å²) in [6, 6.07) is 15.6. The third-order valence-corrected chi connectivity index (χ3v) is 7.03. The molecule has 1 unspecified atom stereocenters. The summed E-state index contributed by atoms with van der Waals surface area (Å²) < 4.78 is 1.03. The first-order valence-electron chi connectivity index (χ1n) is 12.6. The molecule has 2 aromatic rings. The minimum absolute atomic E-state index is 0.247. The van der Waals surface area contributed by atoms with E-state index in [9.17, 15) is 0 Å². The van der Waals surface area contributed by atoms with Crippen molar-refractivity contribution in [2.45, 2.75) is 78.8 Å². The van der Waals surface area contributed by atoms with E-state index in [1.54, 1.807) is 0 Å². The zero-order chi connectivity index (χ0) is 23.0. The number of amidine groups is 1. The summed E-state index contributed by atoms with van der Waals surface area (Å²) >= 11 is 0. The predicted molar refractivity (Wildman–Crippen MR) is 139 cm³/mol. The van der Waals surface area contributed by atoms with E-state index in [2.05, 4.69) is 75.5 Å². The molecule has 0 spiro atoms. The van der Waals surface area contributed by atoms with Crippen molar-refractivity contribution in [1.29, 1.82) is 0 Å². The van der Waals surface area contributed by atoms with Gasteiger partial charge in [0.25, 0.3) is 0 Å². The number of benzene rings is 2. The van der Waals surface area contributed by atoms with Gasteiger partial charge in [-0.2, -0.15) is 0 Å². The molecule has 0 bridgehead atoms. The van der Waals surface area contributed by atoms with Crippen LogP contribution >= 0.6 is 0 Å². The Kier molecular flexibility index (Phi) is 8.75. The number of aliphatic imine (C=N–C) groups is 1. The zero-order valence-corrected chi connectivity index (χ0v) is 20.7. The fourth-order valence-corrected chi connectivity index (χ4v) is 5.39. The van der Waals surface area contributed by atoms with E-state index in [0.29, 0.717) is 0 Å². The van der Waals surface area contributed by atoms with Gasteiger partial charge in [0.2, 0.25) is 0 Å². The van der Waals surface area contributed by atoms with Crippen molar-refractivity contribution in [3.63, 3.8) is 0 Å². The maximum atomic E-state index is 6.82. The fourth-order valence-electron chi connectivity index (χ4n) is 5.39. The number of hydrogen-bond donors (Lipinski definition) is 2. The second kappa shape index (κ2) is 11.5. The van der Waals surface area contributed by atoms with Gasteiger partial charge in [0.15, 0.2) is 5.84 Å². The summed E-state index contributed by atoms with van der Waals surface area (Å²) in [5.41, 5.74) is 12.8. The van der Waals surface area contributed by atoms with Crippen molar-refractivity contribution >= 4 is 17.2 Å². The Balaban J connectivity index is 1.89. The van der Waals surface area contributed by atoms with Gasteiger partial charge in [0.05, 0.1) is 18.8 Å². The van der Waals surface area contributed by atoms with Gasteiger partial charge < -0.3 is 15.5 Å². The SMILES string of the molecule is CCCCNc1cc(C)c(N=C(N)C(CC)[N+]2(Cc3ccccc3)CCCCC2)c(C)c1. The minimum atomic E-state index is 0.247. The number of anilines is 1. The molecule has 3 rings (SSSR count). The second-order valence-electron chi connectivity index (χ2n) is 9.57. The van der Waals surface area contributed by atoms with Crippen LogP contribution in [0.25, 0.3) is 0 Å². The van der Waals surface area contributed by atoms with E-state index in [1.807, 2.05) is 0 Å². The van der Waals surface area contributed by atoms with Gasteiger partial charge >= 0.3 is 0 Å². The Bertz CT molecular complexity index is 859. The Morgan fingerprint density at radius 3 is 2.28 bits per heavy atom. The van der Waals surface area contributed by atoms with E-state index in [0.717, 1.165) is 35.5 Å². The number of hydrogen-bond acceptors (Lipinski definition) is 2. The molecule has 1 atom stereocenters. The number of nitrogens with two attached hydrogens (primary N) is 1. The van der Waals surface area contributed by atoms with E-state index in [4.69, 9.17) is 10.7 Å². The van der Waals surface area contributed by atoms with Gasteiger partial charge in [-0.05, 0) is 62.8 Å². The Morgan fingerprint density at radius 1 is 1.03 bits per heavy atom. The van der Waals surface area contributed by atoms with Crippen LogP contribution in [0.3, 0.4) is 0 Å². The number of nitrogens with zero attached hydrogens (tertiary/aromatic N) is 2. The topological polar surface area (TPSA) is 50.4 Å². The van der Waals surface area contributed by atoms with Crippen LogP contribution in [0, 0.1) is 13.8 Å². The molecule has 0 aliphatic carbocycles. The molecule has 4 heteroatoms. The molecule has 1 saturated heterocycles. The standard InChI is InChI=1S/C28H43N4/c1-5-7-16-30-25-19-22(3)27(23(4)20-25)31-28(29)26(6-2)32(17-12-9-13-18-32)21-24-14-10-8-11-15-24/h8,10-11,14-15,19-20,26,30H,5-7,9,12-13,16-18,21H2,1-4H3,(H2,29,31)/q+1. The third kappa shape index (κ3) is 5.92. The van der Waals surface area contributed by atoms with Crippen molar-refractivity contribution in [2.24, 2.45) is 10.7 Å². The molecule has 1 heterocycles. The monoisotopic (exact) mass is 435 g/mol. The van der Waals surface area contributed by atoms with Crippen LogP contribution in [-0.2, 0) is 6.54 Å². The highest BCUT2D eigenvalue weighted by atomic mass is 15.4. The summed E-state index contributed by atoms with van der Waals surface area (Å²) in [6.07, 6.45) is 7.26. The number of aryl methyl sites for hydroxylation is 2. The van der Waals surface area contributed by atoms with Gasteiger partial charge in [-0.15, -0.1) is 0 Å². The highest BCUT2D eigenvalue weighted by molar-refractivity contribution is 5.88. The van der Waals surface area contributed by atoms with E-state index >= 15 is 0 Å². The normalized spacial score (nSPS) is 17.2. The number of nitrogens with one attached hydrogen (secondary N) is 1.